The van der Waals surface area contributed by atoms with Gasteiger partial charge in [0.05, 0.1) is 7.11 Å². The van der Waals surface area contributed by atoms with E-state index < -0.39 is 23.8 Å². The second-order valence-corrected chi connectivity index (χ2v) is 2.81. The van der Waals surface area contributed by atoms with E-state index in [1.165, 1.54) is 7.11 Å². The number of primary amides is 1. The topological polar surface area (TPSA) is 107 Å². The molecule has 0 aromatic carbocycles. The van der Waals surface area contributed by atoms with Crippen molar-refractivity contribution in [2.45, 2.75) is 19.8 Å². The average molecular weight is 273 g/mol. The first-order chi connectivity index (χ1) is 7.40. The Bertz CT molecular complexity index is 277. The average Bonchev–Trinajstić information content (AvgIpc) is 2.25. The first kappa shape index (κ1) is 21.7. The van der Waals surface area contributed by atoms with Gasteiger partial charge in [0.1, 0.15) is 0 Å². The van der Waals surface area contributed by atoms with Crippen LogP contribution in [-0.4, -0.2) is 67.8 Å². The molecule has 0 fully saturated rings. The largest absolute Gasteiger partial charge is 2.00 e. The number of ether oxygens (including phenoxy) is 1. The van der Waals surface area contributed by atoms with Gasteiger partial charge < -0.3 is 18.4 Å². The van der Waals surface area contributed by atoms with E-state index in [9.17, 15) is 14.4 Å². The number of carbonyl (C=O) groups excluding carboxylic acids is 2. The van der Waals surface area contributed by atoms with Crippen molar-refractivity contribution < 1.29 is 27.1 Å². The molecule has 0 saturated carbocycles. The molecule has 0 aliphatic rings. The van der Waals surface area contributed by atoms with Crippen LogP contribution in [0.5, 0.6) is 0 Å². The molecule has 6 nitrogen and oxygen atoms in total. The maximum atomic E-state index is 10.7. The van der Waals surface area contributed by atoms with Gasteiger partial charge in [-0.2, -0.15) is 0 Å². The third-order valence-corrected chi connectivity index (χ3v) is 1.56. The fraction of sp³-hybridized carbons (Fsp3) is 0.500. The van der Waals surface area contributed by atoms with Crippen molar-refractivity contribution in [3.63, 3.8) is 0 Å². The summed E-state index contributed by atoms with van der Waals surface area (Å²) in [5, 5.41) is 8.51. The number of carboxylic acids is 1. The third-order valence-electron chi connectivity index (χ3n) is 1.56. The number of carbonyl (C=O) groups is 3. The minimum atomic E-state index is -1.11. The van der Waals surface area contributed by atoms with Gasteiger partial charge in [0, 0.05) is 0 Å². The van der Waals surface area contributed by atoms with Crippen LogP contribution in [0.3, 0.4) is 0 Å². The van der Waals surface area contributed by atoms with Crippen LogP contribution in [0.15, 0.2) is 12.7 Å². The van der Waals surface area contributed by atoms with E-state index in [1.807, 2.05) is 6.92 Å². The zero-order chi connectivity index (χ0) is 13.1. The van der Waals surface area contributed by atoms with Crippen LogP contribution >= 0.6 is 0 Å². The number of methoxy groups -OCH3 is 1. The van der Waals surface area contributed by atoms with E-state index in [0.717, 1.165) is 6.08 Å². The summed E-state index contributed by atoms with van der Waals surface area (Å²) in [5.41, 5.74) is 4.53. The van der Waals surface area contributed by atoms with Crippen molar-refractivity contribution in [2.75, 3.05) is 7.11 Å². The molecular weight excluding hydrogens is 254 g/mol. The van der Waals surface area contributed by atoms with E-state index in [1.54, 1.807) is 0 Å². The van der Waals surface area contributed by atoms with Crippen LogP contribution < -0.4 is 5.73 Å². The Kier molecular flexibility index (Phi) is 17.2. The summed E-state index contributed by atoms with van der Waals surface area (Å²) in [5.74, 6) is -3.26. The van der Waals surface area contributed by atoms with Crippen LogP contribution in [0.25, 0.3) is 0 Å². The SMILES string of the molecule is C=CC(N)=O.CCCC(C(=O)O)C(=O)OC.[Ca+2].[H-].[H-]. The predicted molar refractivity (Wildman–Crippen MR) is 65.4 cm³/mol. The second-order valence-electron chi connectivity index (χ2n) is 2.81. The van der Waals surface area contributed by atoms with Crippen molar-refractivity contribution in [3.05, 3.63) is 12.7 Å². The smallest absolute Gasteiger partial charge is 1.00 e. The molecule has 3 N–H and O–H groups in total. The number of esters is 1. The van der Waals surface area contributed by atoms with Crippen molar-refractivity contribution in [1.82, 2.24) is 0 Å². The first-order valence-electron chi connectivity index (χ1n) is 4.63. The molecule has 1 atom stereocenters. The van der Waals surface area contributed by atoms with Crippen LogP contribution in [0.4, 0.5) is 0 Å². The molecule has 0 aliphatic heterocycles. The van der Waals surface area contributed by atoms with Crippen LogP contribution in [-0.2, 0) is 19.1 Å². The van der Waals surface area contributed by atoms with Crippen LogP contribution in [0.1, 0.15) is 22.6 Å². The summed E-state index contributed by atoms with van der Waals surface area (Å²) in [7, 11) is 1.19. The molecule has 0 radical (unpaired) electrons. The van der Waals surface area contributed by atoms with Crippen LogP contribution in [0, 0.1) is 5.92 Å². The van der Waals surface area contributed by atoms with Gasteiger partial charge in [-0.05, 0) is 12.5 Å². The molecule has 0 heterocycles. The van der Waals surface area contributed by atoms with E-state index in [2.05, 4.69) is 17.0 Å². The van der Waals surface area contributed by atoms with Gasteiger partial charge in [-0.25, -0.2) is 0 Å². The minimum Gasteiger partial charge on any atom is -1.00 e. The van der Waals surface area contributed by atoms with Gasteiger partial charge in [-0.1, -0.05) is 19.9 Å². The molecule has 0 aromatic rings. The van der Waals surface area contributed by atoms with E-state index in [4.69, 9.17) is 5.11 Å². The predicted octanol–water partition coefficient (Wildman–Crippen LogP) is 0.162. The van der Waals surface area contributed by atoms with E-state index in [-0.39, 0.29) is 40.6 Å². The molecule has 0 bridgehead atoms. The zero-order valence-electron chi connectivity index (χ0n) is 12.1. The molecule has 0 aromatic heterocycles. The summed E-state index contributed by atoms with van der Waals surface area (Å²) in [6.45, 7) is 4.90. The number of nitrogens with two attached hydrogens (primary N) is 1. The number of amides is 1. The number of hydrogen-bond donors (Lipinski definition) is 2. The molecule has 1 unspecified atom stereocenters. The molecule has 0 rings (SSSR count). The van der Waals surface area contributed by atoms with Crippen molar-refractivity contribution >= 4 is 55.6 Å². The molecule has 0 spiro atoms. The Balaban J connectivity index is -0.0000000717. The summed E-state index contributed by atoms with van der Waals surface area (Å²) < 4.78 is 4.31. The fourth-order valence-corrected chi connectivity index (χ4v) is 0.773. The van der Waals surface area contributed by atoms with Gasteiger partial charge in [0.25, 0.3) is 0 Å². The summed E-state index contributed by atoms with van der Waals surface area (Å²) in [6.07, 6.45) is 2.05. The maximum absolute atomic E-state index is 10.7. The van der Waals surface area contributed by atoms with Gasteiger partial charge in [-0.3, -0.25) is 14.4 Å². The van der Waals surface area contributed by atoms with Crippen molar-refractivity contribution in [2.24, 2.45) is 11.7 Å². The van der Waals surface area contributed by atoms with Gasteiger partial charge in [0.15, 0.2) is 5.92 Å². The Morgan fingerprint density at radius 1 is 1.53 bits per heavy atom. The molecule has 96 valence electrons. The second kappa shape index (κ2) is 13.5. The molecular formula is C10H19CaNO5. The first-order valence-corrected chi connectivity index (χ1v) is 4.63. The molecule has 1 amide bonds. The molecule has 17 heavy (non-hydrogen) atoms. The molecule has 0 saturated heterocycles. The fourth-order valence-electron chi connectivity index (χ4n) is 0.773. The molecule has 7 heteroatoms. The summed E-state index contributed by atoms with van der Waals surface area (Å²) in [4.78, 5) is 30.6. The Morgan fingerprint density at radius 2 is 1.94 bits per heavy atom. The normalized spacial score (nSPS) is 9.76. The number of carboxylic acid groups (broad SMARTS) is 1. The molecule has 0 aliphatic carbocycles. The van der Waals surface area contributed by atoms with E-state index in [0.29, 0.717) is 12.8 Å². The monoisotopic (exact) mass is 273 g/mol. The number of aliphatic carboxylic acids is 1. The van der Waals surface area contributed by atoms with Gasteiger partial charge >= 0.3 is 49.7 Å². The minimum absolute atomic E-state index is 0. The summed E-state index contributed by atoms with van der Waals surface area (Å²) >= 11 is 0. The van der Waals surface area contributed by atoms with Gasteiger partial charge in [0.2, 0.25) is 5.91 Å². The van der Waals surface area contributed by atoms with Crippen LogP contribution in [0.2, 0.25) is 0 Å². The quantitative estimate of drug-likeness (QED) is 0.321. The van der Waals surface area contributed by atoms with E-state index >= 15 is 0 Å². The van der Waals surface area contributed by atoms with Crippen molar-refractivity contribution in [1.29, 1.82) is 0 Å². The number of rotatable bonds is 5. The van der Waals surface area contributed by atoms with Gasteiger partial charge in [-0.15, -0.1) is 0 Å². The Hall–Kier alpha value is -0.590. The van der Waals surface area contributed by atoms with Crippen molar-refractivity contribution in [3.8, 4) is 0 Å². The number of hydrogen-bond acceptors (Lipinski definition) is 4. The summed E-state index contributed by atoms with van der Waals surface area (Å²) in [6, 6.07) is 0. The maximum Gasteiger partial charge on any atom is 2.00 e. The standard InChI is InChI=1S/C7H12O4.C3H5NO.Ca.2H/c1-3-4-5(6(8)9)7(10)11-2;1-2-3(4)5;;;/h5H,3-4H2,1-2H3,(H,8,9);2H,1H2,(H2,4,5);;;/q;;+2;2*-1. The third kappa shape index (κ3) is 13.3. The zero-order valence-corrected chi connectivity index (χ0v) is 12.3. The Morgan fingerprint density at radius 3 is 2.12 bits per heavy atom. The Labute approximate surface area is 133 Å².